The van der Waals surface area contributed by atoms with Gasteiger partial charge in [0.15, 0.2) is 0 Å². The van der Waals surface area contributed by atoms with Gasteiger partial charge in [0.25, 0.3) is 0 Å². The molecule has 0 aliphatic heterocycles. The first-order valence-electron chi connectivity index (χ1n) is 15.4. The highest BCUT2D eigenvalue weighted by Gasteiger charge is 2.08. The average molecular weight is 561 g/mol. The average Bonchev–Trinajstić information content (AvgIpc) is 2.90. The summed E-state index contributed by atoms with van der Waals surface area (Å²) in [6.45, 7) is 10.7. The second-order valence-electron chi connectivity index (χ2n) is 11.2. The highest BCUT2D eigenvalue weighted by molar-refractivity contribution is 5.70. The van der Waals surface area contributed by atoms with E-state index in [0.717, 1.165) is 12.8 Å². The van der Waals surface area contributed by atoms with Crippen molar-refractivity contribution in [1.29, 1.82) is 0 Å². The molecule has 8 nitrogen and oxygen atoms in total. The molecule has 0 fully saturated rings. The number of aliphatic hydroxyl groups is 2. The molecule has 2 N–H and O–H groups in total. The van der Waals surface area contributed by atoms with Crippen LogP contribution >= 0.6 is 0 Å². The van der Waals surface area contributed by atoms with E-state index in [0.29, 0.717) is 57.2 Å². The van der Waals surface area contributed by atoms with Crippen molar-refractivity contribution in [2.75, 3.05) is 26.4 Å². The van der Waals surface area contributed by atoms with Gasteiger partial charge in [0.1, 0.15) is 12.7 Å². The Bertz CT molecular complexity index is 551. The zero-order valence-electron chi connectivity index (χ0n) is 25.7. The number of unbranched alkanes of at least 4 members (excludes halogenated alkanes) is 11. The highest BCUT2D eigenvalue weighted by atomic mass is 16.5. The summed E-state index contributed by atoms with van der Waals surface area (Å²) in [6.07, 6.45) is 15.3. The van der Waals surface area contributed by atoms with E-state index in [1.54, 1.807) is 0 Å². The smallest absolute Gasteiger partial charge is 0.305 e. The van der Waals surface area contributed by atoms with Crippen LogP contribution < -0.4 is 0 Å². The third-order valence-corrected chi connectivity index (χ3v) is 5.80. The van der Waals surface area contributed by atoms with E-state index in [-0.39, 0.29) is 31.1 Å². The van der Waals surface area contributed by atoms with Crippen LogP contribution in [0.2, 0.25) is 0 Å². The second kappa shape index (κ2) is 29.3. The monoisotopic (exact) mass is 560 g/mol. The molecule has 0 aromatic heterocycles. The Balaban J connectivity index is 0. The Labute approximate surface area is 238 Å². The molecule has 0 bridgehead atoms. The van der Waals surface area contributed by atoms with Crippen molar-refractivity contribution < 1.29 is 38.8 Å². The van der Waals surface area contributed by atoms with Crippen LogP contribution in [0.25, 0.3) is 0 Å². The molecule has 0 saturated heterocycles. The Morgan fingerprint density at radius 1 is 0.538 bits per heavy atom. The van der Waals surface area contributed by atoms with Gasteiger partial charge >= 0.3 is 17.9 Å². The molecule has 39 heavy (non-hydrogen) atoms. The molecular weight excluding hydrogens is 500 g/mol. The predicted octanol–water partition coefficient (Wildman–Crippen LogP) is 6.53. The summed E-state index contributed by atoms with van der Waals surface area (Å²) in [6, 6.07) is 0. The minimum Gasteiger partial charge on any atom is -0.465 e. The third kappa shape index (κ3) is 34.3. The molecule has 0 rings (SSSR count). The Morgan fingerprint density at radius 2 is 0.846 bits per heavy atom. The van der Waals surface area contributed by atoms with Crippen LogP contribution in [0.1, 0.15) is 137 Å². The van der Waals surface area contributed by atoms with Crippen molar-refractivity contribution in [1.82, 2.24) is 0 Å². The van der Waals surface area contributed by atoms with Gasteiger partial charge in [-0.25, -0.2) is 0 Å². The first-order chi connectivity index (χ1) is 18.6. The summed E-state index contributed by atoms with van der Waals surface area (Å²) in [4.78, 5) is 33.8. The lowest BCUT2D eigenvalue weighted by molar-refractivity contribution is -0.147. The molecule has 1 atom stereocenters. The van der Waals surface area contributed by atoms with Crippen molar-refractivity contribution >= 4 is 17.9 Å². The summed E-state index contributed by atoms with van der Waals surface area (Å²) in [5.74, 6) is 0.0804. The Kier molecular flexibility index (Phi) is 29.7. The fourth-order valence-electron chi connectivity index (χ4n) is 3.45. The number of aliphatic hydroxyl groups excluding tert-OH is 2. The van der Waals surface area contributed by atoms with Gasteiger partial charge in [-0.1, -0.05) is 98.8 Å². The summed E-state index contributed by atoms with van der Waals surface area (Å²) >= 11 is 0. The first kappa shape index (κ1) is 39.5. The molecule has 8 heteroatoms. The second-order valence-corrected chi connectivity index (χ2v) is 11.2. The molecule has 0 aliphatic carbocycles. The number of ether oxygens (including phenoxy) is 3. The fraction of sp³-hybridized carbons (Fsp3) is 0.903. The van der Waals surface area contributed by atoms with E-state index in [4.69, 9.17) is 24.4 Å². The van der Waals surface area contributed by atoms with E-state index in [1.165, 1.54) is 57.8 Å². The molecular formula is C31H60O8. The van der Waals surface area contributed by atoms with Gasteiger partial charge in [0, 0.05) is 19.3 Å². The van der Waals surface area contributed by atoms with Crippen molar-refractivity contribution in [2.45, 2.75) is 143 Å². The van der Waals surface area contributed by atoms with Crippen molar-refractivity contribution in [3.8, 4) is 0 Å². The lowest BCUT2D eigenvalue weighted by atomic mass is 10.1. The molecule has 232 valence electrons. The Morgan fingerprint density at radius 3 is 1.18 bits per heavy atom. The minimum absolute atomic E-state index is 0.104. The fourth-order valence-corrected chi connectivity index (χ4v) is 3.45. The SMILES string of the molecule is CC(C)COC(=O)CCCCC(=O)OCC(C)C.CCCCCCCCCCCCCC(=O)OCC(O)CO. The van der Waals surface area contributed by atoms with Crippen LogP contribution in [-0.2, 0) is 28.6 Å². The number of hydrogen-bond acceptors (Lipinski definition) is 8. The van der Waals surface area contributed by atoms with E-state index >= 15 is 0 Å². The molecule has 0 saturated carbocycles. The van der Waals surface area contributed by atoms with Crippen LogP contribution in [0.4, 0.5) is 0 Å². The number of hydrogen-bond donors (Lipinski definition) is 2. The lowest BCUT2D eigenvalue weighted by Gasteiger charge is -2.08. The predicted molar refractivity (Wildman–Crippen MR) is 155 cm³/mol. The molecule has 0 spiro atoms. The number of esters is 3. The zero-order valence-corrected chi connectivity index (χ0v) is 25.7. The third-order valence-electron chi connectivity index (χ3n) is 5.80. The van der Waals surface area contributed by atoms with Crippen molar-refractivity contribution in [2.24, 2.45) is 11.8 Å². The normalized spacial score (nSPS) is 11.6. The molecule has 0 aliphatic rings. The van der Waals surface area contributed by atoms with Crippen LogP contribution in [0.15, 0.2) is 0 Å². The van der Waals surface area contributed by atoms with Crippen molar-refractivity contribution in [3.63, 3.8) is 0 Å². The highest BCUT2D eigenvalue weighted by Crippen LogP contribution is 2.12. The van der Waals surface area contributed by atoms with Gasteiger partial charge in [0.2, 0.25) is 0 Å². The summed E-state index contributed by atoms with van der Waals surface area (Å²) < 4.78 is 14.9. The van der Waals surface area contributed by atoms with Crippen LogP contribution in [0.5, 0.6) is 0 Å². The zero-order chi connectivity index (χ0) is 29.7. The van der Waals surface area contributed by atoms with Gasteiger partial charge in [-0.3, -0.25) is 14.4 Å². The molecule has 0 aromatic carbocycles. The molecule has 0 amide bonds. The molecule has 1 unspecified atom stereocenters. The number of carbonyl (C=O) groups is 3. The maximum atomic E-state index is 11.3. The van der Waals surface area contributed by atoms with E-state index in [2.05, 4.69) is 6.92 Å². The van der Waals surface area contributed by atoms with E-state index < -0.39 is 6.10 Å². The number of carbonyl (C=O) groups excluding carboxylic acids is 3. The van der Waals surface area contributed by atoms with Gasteiger partial charge in [-0.05, 0) is 31.1 Å². The number of rotatable bonds is 24. The van der Waals surface area contributed by atoms with Crippen LogP contribution in [0, 0.1) is 11.8 Å². The lowest BCUT2D eigenvalue weighted by Crippen LogP contribution is -2.21. The van der Waals surface area contributed by atoms with Crippen LogP contribution in [0.3, 0.4) is 0 Å². The van der Waals surface area contributed by atoms with Gasteiger partial charge in [0.05, 0.1) is 19.8 Å². The largest absolute Gasteiger partial charge is 0.465 e. The quantitative estimate of drug-likeness (QED) is 0.0777. The Hall–Kier alpha value is -1.67. The summed E-state index contributed by atoms with van der Waals surface area (Å²) in [7, 11) is 0. The first-order valence-corrected chi connectivity index (χ1v) is 15.4. The van der Waals surface area contributed by atoms with E-state index in [9.17, 15) is 14.4 Å². The van der Waals surface area contributed by atoms with Crippen LogP contribution in [-0.4, -0.2) is 60.7 Å². The van der Waals surface area contributed by atoms with Crippen molar-refractivity contribution in [3.05, 3.63) is 0 Å². The minimum atomic E-state index is -0.953. The molecule has 0 radical (unpaired) electrons. The maximum absolute atomic E-state index is 11.3. The summed E-state index contributed by atoms with van der Waals surface area (Å²) in [5, 5.41) is 17.6. The molecule has 0 heterocycles. The summed E-state index contributed by atoms with van der Waals surface area (Å²) in [5.41, 5.74) is 0. The van der Waals surface area contributed by atoms with Gasteiger partial charge < -0.3 is 24.4 Å². The molecule has 0 aromatic rings. The maximum Gasteiger partial charge on any atom is 0.305 e. The van der Waals surface area contributed by atoms with Gasteiger partial charge in [-0.15, -0.1) is 0 Å². The van der Waals surface area contributed by atoms with E-state index in [1.807, 2.05) is 27.7 Å². The topological polar surface area (TPSA) is 119 Å². The standard InChI is InChI=1S/C17H34O4.C14H26O4/c1-2-3-4-5-6-7-8-9-10-11-12-13-17(20)21-15-16(19)14-18;1-11(2)9-17-13(15)7-5-6-8-14(16)18-10-12(3)4/h16,18-19H,2-15H2,1H3;11-12H,5-10H2,1-4H3. The van der Waals surface area contributed by atoms with Gasteiger partial charge in [-0.2, -0.15) is 0 Å².